The lowest BCUT2D eigenvalue weighted by atomic mass is 10.0. The Morgan fingerprint density at radius 1 is 1.21 bits per heavy atom. The number of aromatic amines is 1. The highest BCUT2D eigenvalue weighted by Gasteiger charge is 2.22. The number of H-pyrrole nitrogens is 1. The van der Waals surface area contributed by atoms with Crippen LogP contribution >= 0.6 is 11.3 Å². The molecule has 0 radical (unpaired) electrons. The number of carbonyl (C=O) groups is 2. The number of carbonyl (C=O) groups excluding carboxylic acids is 2. The Labute approximate surface area is 146 Å². The molecule has 2 rings (SSSR count). The molecule has 130 valence electrons. The van der Waals surface area contributed by atoms with Crippen molar-refractivity contribution in [3.05, 3.63) is 27.5 Å². The van der Waals surface area contributed by atoms with Crippen LogP contribution in [0.4, 0.5) is 5.13 Å². The summed E-state index contributed by atoms with van der Waals surface area (Å²) in [6, 6.07) is 0. The van der Waals surface area contributed by atoms with Crippen LogP contribution in [-0.2, 0) is 12.8 Å². The minimum atomic E-state index is -0.279. The van der Waals surface area contributed by atoms with Gasteiger partial charge in [0.2, 0.25) is 5.13 Å². The Kier molecular flexibility index (Phi) is 6.25. The number of rotatable bonds is 8. The third-order valence-corrected chi connectivity index (χ3v) is 4.80. The Bertz CT molecular complexity index is 733. The van der Waals surface area contributed by atoms with E-state index in [9.17, 15) is 9.59 Å². The Morgan fingerprint density at radius 3 is 2.58 bits per heavy atom. The van der Waals surface area contributed by atoms with Gasteiger partial charge in [-0.1, -0.05) is 38.0 Å². The molecule has 7 heteroatoms. The second kappa shape index (κ2) is 8.19. The quantitative estimate of drug-likeness (QED) is 0.559. The van der Waals surface area contributed by atoms with Crippen LogP contribution in [0.2, 0.25) is 0 Å². The van der Waals surface area contributed by atoms with Gasteiger partial charge in [0.15, 0.2) is 5.78 Å². The lowest BCUT2D eigenvalue weighted by molar-refractivity contribution is 0.101. The summed E-state index contributed by atoms with van der Waals surface area (Å²) < 4.78 is 0. The molecule has 0 saturated carbocycles. The molecule has 0 aromatic carbocycles. The SMILES string of the molecule is CCCCCc1nnc(NC(=O)c2[nH]c(C)c(C(C)=O)c2CC)s1. The summed E-state index contributed by atoms with van der Waals surface area (Å²) in [6.07, 6.45) is 4.90. The number of anilines is 1. The highest BCUT2D eigenvalue weighted by molar-refractivity contribution is 7.15. The molecule has 24 heavy (non-hydrogen) atoms. The number of hydrogen-bond donors (Lipinski definition) is 2. The topological polar surface area (TPSA) is 87.7 Å². The molecule has 2 heterocycles. The van der Waals surface area contributed by atoms with E-state index in [1.54, 1.807) is 0 Å². The van der Waals surface area contributed by atoms with Crippen molar-refractivity contribution in [1.29, 1.82) is 0 Å². The zero-order valence-electron chi connectivity index (χ0n) is 14.7. The highest BCUT2D eigenvalue weighted by Crippen LogP contribution is 2.23. The Hall–Kier alpha value is -2.02. The van der Waals surface area contributed by atoms with Crippen LogP contribution in [0.5, 0.6) is 0 Å². The van der Waals surface area contributed by atoms with Crippen molar-refractivity contribution in [3.63, 3.8) is 0 Å². The molecule has 0 aliphatic carbocycles. The molecule has 2 aromatic heterocycles. The Balaban J connectivity index is 2.13. The summed E-state index contributed by atoms with van der Waals surface area (Å²) in [5.41, 5.74) is 2.52. The van der Waals surface area contributed by atoms with Gasteiger partial charge in [0.05, 0.1) is 0 Å². The van der Waals surface area contributed by atoms with Crippen LogP contribution in [0.1, 0.15) is 77.1 Å². The molecule has 0 saturated heterocycles. The number of nitrogens with one attached hydrogen (secondary N) is 2. The number of hydrogen-bond acceptors (Lipinski definition) is 5. The molecule has 0 bridgehead atoms. The van der Waals surface area contributed by atoms with Crippen molar-refractivity contribution >= 4 is 28.2 Å². The molecule has 0 fully saturated rings. The molecule has 2 aromatic rings. The van der Waals surface area contributed by atoms with Gasteiger partial charge in [-0.15, -0.1) is 10.2 Å². The van der Waals surface area contributed by atoms with Gasteiger partial charge >= 0.3 is 0 Å². The van der Waals surface area contributed by atoms with Crippen LogP contribution in [0.25, 0.3) is 0 Å². The van der Waals surface area contributed by atoms with E-state index < -0.39 is 0 Å². The standard InChI is InChI=1S/C17H24N4O2S/c1-5-7-8-9-13-20-21-17(24-13)19-16(23)15-12(6-2)14(11(4)22)10(3)18-15/h18H,5-9H2,1-4H3,(H,19,21,23). The third-order valence-electron chi connectivity index (χ3n) is 3.91. The minimum Gasteiger partial charge on any atom is -0.354 e. The number of aryl methyl sites for hydroxylation is 2. The van der Waals surface area contributed by atoms with Gasteiger partial charge in [0.25, 0.3) is 5.91 Å². The fourth-order valence-corrected chi connectivity index (χ4v) is 3.57. The van der Waals surface area contributed by atoms with E-state index in [-0.39, 0.29) is 11.7 Å². The number of amides is 1. The van der Waals surface area contributed by atoms with Crippen molar-refractivity contribution in [2.24, 2.45) is 0 Å². The monoisotopic (exact) mass is 348 g/mol. The van der Waals surface area contributed by atoms with E-state index in [0.717, 1.165) is 41.9 Å². The number of unbranched alkanes of at least 4 members (excludes halogenated alkanes) is 2. The van der Waals surface area contributed by atoms with Gasteiger partial charge in [-0.05, 0) is 32.3 Å². The van der Waals surface area contributed by atoms with Gasteiger partial charge in [-0.3, -0.25) is 14.9 Å². The molecular formula is C17H24N4O2S. The first-order valence-electron chi connectivity index (χ1n) is 8.34. The smallest absolute Gasteiger partial charge is 0.274 e. The van der Waals surface area contributed by atoms with Crippen molar-refractivity contribution in [2.75, 3.05) is 5.32 Å². The van der Waals surface area contributed by atoms with E-state index in [1.165, 1.54) is 18.3 Å². The maximum absolute atomic E-state index is 12.5. The van der Waals surface area contributed by atoms with Gasteiger partial charge in [-0.2, -0.15) is 0 Å². The summed E-state index contributed by atoms with van der Waals surface area (Å²) in [5, 5.41) is 12.4. The second-order valence-corrected chi connectivity index (χ2v) is 6.86. The molecule has 0 aliphatic rings. The summed E-state index contributed by atoms with van der Waals surface area (Å²) in [6.45, 7) is 7.42. The molecule has 0 atom stereocenters. The fourth-order valence-electron chi connectivity index (χ4n) is 2.79. The normalized spacial score (nSPS) is 10.8. The fraction of sp³-hybridized carbons (Fsp3) is 0.529. The van der Waals surface area contributed by atoms with E-state index in [2.05, 4.69) is 27.4 Å². The van der Waals surface area contributed by atoms with Crippen molar-refractivity contribution < 1.29 is 9.59 Å². The van der Waals surface area contributed by atoms with Crippen molar-refractivity contribution in [3.8, 4) is 0 Å². The number of aromatic nitrogens is 3. The lowest BCUT2D eigenvalue weighted by Crippen LogP contribution is -2.14. The zero-order valence-corrected chi connectivity index (χ0v) is 15.5. The third kappa shape index (κ3) is 4.08. The number of Topliss-reactive ketones (excluding diaryl/α,β-unsaturated/α-hetero) is 1. The summed E-state index contributed by atoms with van der Waals surface area (Å²) >= 11 is 1.40. The molecular weight excluding hydrogens is 324 g/mol. The van der Waals surface area contributed by atoms with E-state index in [0.29, 0.717) is 22.8 Å². The first-order chi connectivity index (χ1) is 11.5. The maximum Gasteiger partial charge on any atom is 0.274 e. The maximum atomic E-state index is 12.5. The molecule has 2 N–H and O–H groups in total. The average molecular weight is 348 g/mol. The largest absolute Gasteiger partial charge is 0.354 e. The van der Waals surface area contributed by atoms with Crippen molar-refractivity contribution in [1.82, 2.24) is 15.2 Å². The van der Waals surface area contributed by atoms with Crippen LogP contribution in [0.3, 0.4) is 0 Å². The van der Waals surface area contributed by atoms with Gasteiger partial charge < -0.3 is 4.98 Å². The lowest BCUT2D eigenvalue weighted by Gasteiger charge is -2.03. The molecule has 0 unspecified atom stereocenters. The molecule has 0 spiro atoms. The van der Waals surface area contributed by atoms with Gasteiger partial charge in [0.1, 0.15) is 10.7 Å². The Morgan fingerprint density at radius 2 is 1.96 bits per heavy atom. The van der Waals surface area contributed by atoms with E-state index in [1.807, 2.05) is 13.8 Å². The van der Waals surface area contributed by atoms with Crippen LogP contribution in [0, 0.1) is 6.92 Å². The minimum absolute atomic E-state index is 0.0335. The van der Waals surface area contributed by atoms with Crippen LogP contribution in [0.15, 0.2) is 0 Å². The average Bonchev–Trinajstić information content (AvgIpc) is 3.11. The first kappa shape index (κ1) is 18.3. The highest BCUT2D eigenvalue weighted by atomic mass is 32.1. The summed E-state index contributed by atoms with van der Waals surface area (Å²) in [4.78, 5) is 27.4. The number of nitrogens with zero attached hydrogens (tertiary/aromatic N) is 2. The second-order valence-electron chi connectivity index (χ2n) is 5.80. The van der Waals surface area contributed by atoms with Crippen LogP contribution < -0.4 is 5.32 Å². The molecule has 1 amide bonds. The van der Waals surface area contributed by atoms with Gasteiger partial charge in [0, 0.05) is 17.7 Å². The summed E-state index contributed by atoms with van der Waals surface area (Å²) in [7, 11) is 0. The van der Waals surface area contributed by atoms with Crippen LogP contribution in [-0.4, -0.2) is 26.9 Å². The number of ketones is 1. The first-order valence-corrected chi connectivity index (χ1v) is 9.15. The van der Waals surface area contributed by atoms with Crippen molar-refractivity contribution in [2.45, 2.75) is 59.8 Å². The van der Waals surface area contributed by atoms with Gasteiger partial charge in [-0.25, -0.2) is 0 Å². The van der Waals surface area contributed by atoms with E-state index >= 15 is 0 Å². The molecule has 6 nitrogen and oxygen atoms in total. The zero-order chi connectivity index (χ0) is 17.7. The van der Waals surface area contributed by atoms with E-state index in [4.69, 9.17) is 0 Å². The summed E-state index contributed by atoms with van der Waals surface area (Å²) in [5.74, 6) is -0.313. The predicted octanol–water partition coefficient (Wildman–Crippen LogP) is 3.92. The molecule has 0 aliphatic heterocycles. The predicted molar refractivity (Wildman–Crippen MR) is 96.0 cm³/mol.